The van der Waals surface area contributed by atoms with Crippen molar-refractivity contribution >= 4 is 11.5 Å². The molecule has 1 heterocycles. The number of Topliss-reactive ketones (excluding diaryl/α,β-unsaturated/α-hetero) is 1. The summed E-state index contributed by atoms with van der Waals surface area (Å²) in [4.78, 5) is 16.4. The SMILES string of the molecule is Nc1ccc(-n2cncn2)c(C(=O)Cc2ccc(F)cc2)c1. The molecule has 0 spiro atoms. The van der Waals surface area contributed by atoms with Crippen LogP contribution in [0.15, 0.2) is 55.1 Å². The smallest absolute Gasteiger partial charge is 0.169 e. The van der Waals surface area contributed by atoms with Crippen molar-refractivity contribution < 1.29 is 9.18 Å². The van der Waals surface area contributed by atoms with Crippen LogP contribution in [0.4, 0.5) is 10.1 Å². The molecule has 2 aromatic carbocycles. The summed E-state index contributed by atoms with van der Waals surface area (Å²) in [6.45, 7) is 0. The van der Waals surface area contributed by atoms with E-state index in [4.69, 9.17) is 5.73 Å². The highest BCUT2D eigenvalue weighted by Gasteiger charge is 2.14. The fourth-order valence-electron chi connectivity index (χ4n) is 2.19. The van der Waals surface area contributed by atoms with Gasteiger partial charge in [0.25, 0.3) is 0 Å². The quantitative estimate of drug-likeness (QED) is 0.592. The minimum Gasteiger partial charge on any atom is -0.399 e. The van der Waals surface area contributed by atoms with Gasteiger partial charge in [0.05, 0.1) is 5.69 Å². The van der Waals surface area contributed by atoms with Crippen LogP contribution in [-0.4, -0.2) is 20.5 Å². The second-order valence-electron chi connectivity index (χ2n) is 4.84. The largest absolute Gasteiger partial charge is 0.399 e. The van der Waals surface area contributed by atoms with Crippen molar-refractivity contribution in [1.82, 2.24) is 14.8 Å². The van der Waals surface area contributed by atoms with Crippen LogP contribution in [0.2, 0.25) is 0 Å². The monoisotopic (exact) mass is 296 g/mol. The molecule has 2 N–H and O–H groups in total. The standard InChI is InChI=1S/C16H13FN4O/c17-12-3-1-11(2-4-12)7-16(22)14-8-13(18)5-6-15(14)21-10-19-9-20-21/h1-6,8-10H,7,18H2. The van der Waals surface area contributed by atoms with Crippen molar-refractivity contribution in [2.24, 2.45) is 0 Å². The number of nitrogens with two attached hydrogens (primary N) is 1. The van der Waals surface area contributed by atoms with Gasteiger partial charge in [-0.2, -0.15) is 5.10 Å². The molecule has 0 fully saturated rings. The fraction of sp³-hybridized carbons (Fsp3) is 0.0625. The van der Waals surface area contributed by atoms with Crippen LogP contribution in [0.25, 0.3) is 5.69 Å². The zero-order chi connectivity index (χ0) is 15.5. The molecule has 1 aromatic heterocycles. The lowest BCUT2D eigenvalue weighted by Crippen LogP contribution is -2.10. The first kappa shape index (κ1) is 13.9. The highest BCUT2D eigenvalue weighted by atomic mass is 19.1. The highest BCUT2D eigenvalue weighted by Crippen LogP contribution is 2.19. The summed E-state index contributed by atoms with van der Waals surface area (Å²) in [5.41, 5.74) is 8.07. The molecule has 0 atom stereocenters. The van der Waals surface area contributed by atoms with E-state index < -0.39 is 0 Å². The maximum absolute atomic E-state index is 12.9. The number of hydrogen-bond acceptors (Lipinski definition) is 4. The Labute approximate surface area is 126 Å². The first-order chi connectivity index (χ1) is 10.6. The highest BCUT2D eigenvalue weighted by molar-refractivity contribution is 6.01. The number of carbonyl (C=O) groups excluding carboxylic acids is 1. The molecule has 0 aliphatic carbocycles. The molecule has 0 bridgehead atoms. The fourth-order valence-corrected chi connectivity index (χ4v) is 2.19. The summed E-state index contributed by atoms with van der Waals surface area (Å²) in [7, 11) is 0. The van der Waals surface area contributed by atoms with E-state index in [9.17, 15) is 9.18 Å². The number of rotatable bonds is 4. The van der Waals surface area contributed by atoms with Gasteiger partial charge in [-0.05, 0) is 35.9 Å². The maximum atomic E-state index is 12.9. The number of benzene rings is 2. The van der Waals surface area contributed by atoms with Gasteiger partial charge in [0.1, 0.15) is 18.5 Å². The van der Waals surface area contributed by atoms with Gasteiger partial charge in [-0.15, -0.1) is 0 Å². The summed E-state index contributed by atoms with van der Waals surface area (Å²) in [6.07, 6.45) is 3.07. The molecule has 0 amide bonds. The normalized spacial score (nSPS) is 10.6. The summed E-state index contributed by atoms with van der Waals surface area (Å²) >= 11 is 0. The van der Waals surface area contributed by atoms with Crippen molar-refractivity contribution in [2.45, 2.75) is 6.42 Å². The van der Waals surface area contributed by atoms with Gasteiger partial charge in [-0.1, -0.05) is 12.1 Å². The molecule has 0 unspecified atom stereocenters. The third kappa shape index (κ3) is 2.85. The summed E-state index contributed by atoms with van der Waals surface area (Å²) < 4.78 is 14.4. The van der Waals surface area contributed by atoms with Crippen LogP contribution in [0, 0.1) is 5.82 Å². The number of halogens is 1. The van der Waals surface area contributed by atoms with Crippen molar-refractivity contribution in [3.63, 3.8) is 0 Å². The van der Waals surface area contributed by atoms with E-state index in [0.717, 1.165) is 5.56 Å². The number of ketones is 1. The Kier molecular flexibility index (Phi) is 3.65. The molecule has 0 aliphatic heterocycles. The number of anilines is 1. The molecule has 6 heteroatoms. The number of hydrogen-bond donors (Lipinski definition) is 1. The third-order valence-electron chi connectivity index (χ3n) is 3.26. The van der Waals surface area contributed by atoms with E-state index in [1.54, 1.807) is 30.3 Å². The van der Waals surface area contributed by atoms with Crippen LogP contribution in [0.3, 0.4) is 0 Å². The zero-order valence-electron chi connectivity index (χ0n) is 11.6. The van der Waals surface area contributed by atoms with Crippen LogP contribution in [-0.2, 0) is 6.42 Å². The maximum Gasteiger partial charge on any atom is 0.169 e. The number of aromatic nitrogens is 3. The van der Waals surface area contributed by atoms with E-state index in [-0.39, 0.29) is 18.0 Å². The Morgan fingerprint density at radius 2 is 1.95 bits per heavy atom. The molecule has 0 saturated carbocycles. The zero-order valence-corrected chi connectivity index (χ0v) is 11.6. The van der Waals surface area contributed by atoms with Crippen molar-refractivity contribution in [3.05, 3.63) is 72.1 Å². The minimum atomic E-state index is -0.330. The summed E-state index contributed by atoms with van der Waals surface area (Å²) in [6, 6.07) is 10.9. The average Bonchev–Trinajstić information content (AvgIpc) is 3.03. The molecule has 0 saturated heterocycles. The lowest BCUT2D eigenvalue weighted by atomic mass is 10.0. The van der Waals surface area contributed by atoms with Crippen molar-refractivity contribution in [3.8, 4) is 5.69 Å². The molecule has 0 radical (unpaired) electrons. The Morgan fingerprint density at radius 1 is 1.18 bits per heavy atom. The molecule has 22 heavy (non-hydrogen) atoms. The molecule has 0 aliphatic rings. The predicted octanol–water partition coefficient (Wildman–Crippen LogP) is 2.41. The Bertz CT molecular complexity index is 798. The molecular formula is C16H13FN4O. The Hall–Kier alpha value is -3.02. The van der Waals surface area contributed by atoms with E-state index in [1.807, 2.05) is 0 Å². The van der Waals surface area contributed by atoms with Gasteiger partial charge in [0.15, 0.2) is 5.78 Å². The first-order valence-corrected chi connectivity index (χ1v) is 6.65. The topological polar surface area (TPSA) is 73.8 Å². The molecule has 3 aromatic rings. The van der Waals surface area contributed by atoms with Gasteiger partial charge in [0, 0.05) is 17.7 Å². The predicted molar refractivity (Wildman–Crippen MR) is 80.2 cm³/mol. The molecule has 110 valence electrons. The van der Waals surface area contributed by atoms with Crippen LogP contribution >= 0.6 is 0 Å². The lowest BCUT2D eigenvalue weighted by Gasteiger charge is -2.09. The second-order valence-corrected chi connectivity index (χ2v) is 4.84. The second kappa shape index (κ2) is 5.77. The van der Waals surface area contributed by atoms with E-state index in [1.165, 1.54) is 29.5 Å². The van der Waals surface area contributed by atoms with Crippen LogP contribution in [0.1, 0.15) is 15.9 Å². The van der Waals surface area contributed by atoms with Gasteiger partial charge in [-0.25, -0.2) is 14.1 Å². The van der Waals surface area contributed by atoms with Gasteiger partial charge < -0.3 is 5.73 Å². The van der Waals surface area contributed by atoms with Crippen molar-refractivity contribution in [1.29, 1.82) is 0 Å². The van der Waals surface area contributed by atoms with E-state index in [2.05, 4.69) is 10.1 Å². The number of carbonyl (C=O) groups is 1. The molecule has 3 rings (SSSR count). The lowest BCUT2D eigenvalue weighted by molar-refractivity contribution is 0.0993. The Morgan fingerprint density at radius 3 is 2.64 bits per heavy atom. The van der Waals surface area contributed by atoms with Crippen molar-refractivity contribution in [2.75, 3.05) is 5.73 Å². The van der Waals surface area contributed by atoms with Gasteiger partial charge in [-0.3, -0.25) is 4.79 Å². The van der Waals surface area contributed by atoms with Crippen LogP contribution in [0.5, 0.6) is 0 Å². The van der Waals surface area contributed by atoms with E-state index in [0.29, 0.717) is 16.9 Å². The Balaban J connectivity index is 1.94. The molecule has 5 nitrogen and oxygen atoms in total. The average molecular weight is 296 g/mol. The third-order valence-corrected chi connectivity index (χ3v) is 3.26. The number of nitrogen functional groups attached to an aromatic ring is 1. The van der Waals surface area contributed by atoms with Gasteiger partial charge >= 0.3 is 0 Å². The summed E-state index contributed by atoms with van der Waals surface area (Å²) in [5.74, 6) is -0.451. The van der Waals surface area contributed by atoms with Gasteiger partial charge in [0.2, 0.25) is 0 Å². The minimum absolute atomic E-state index is 0.121. The molecular weight excluding hydrogens is 283 g/mol. The van der Waals surface area contributed by atoms with Crippen LogP contribution < -0.4 is 5.73 Å². The summed E-state index contributed by atoms with van der Waals surface area (Å²) in [5, 5.41) is 4.04. The first-order valence-electron chi connectivity index (χ1n) is 6.65. The van der Waals surface area contributed by atoms with E-state index >= 15 is 0 Å². The number of nitrogens with zero attached hydrogens (tertiary/aromatic N) is 3.